The number of aryl methyl sites for hydroxylation is 2. The predicted octanol–water partition coefficient (Wildman–Crippen LogP) is 2.40. The number of hydrogen-bond acceptors (Lipinski definition) is 8. The lowest BCUT2D eigenvalue weighted by molar-refractivity contribution is -0.131. The van der Waals surface area contributed by atoms with Gasteiger partial charge in [0.05, 0.1) is 18.0 Å². The van der Waals surface area contributed by atoms with E-state index in [4.69, 9.17) is 0 Å². The summed E-state index contributed by atoms with van der Waals surface area (Å²) in [6, 6.07) is 13.8. The van der Waals surface area contributed by atoms with Crippen LogP contribution in [0.1, 0.15) is 93.7 Å². The molecular weight excluding hydrogens is 594 g/mol. The van der Waals surface area contributed by atoms with Crippen LogP contribution in [0.15, 0.2) is 36.4 Å². The summed E-state index contributed by atoms with van der Waals surface area (Å²) in [5.41, 5.74) is 4.28. The number of likely N-dealkylation sites (tertiary alicyclic amines) is 1. The molecule has 3 aromatic rings. The quantitative estimate of drug-likeness (QED) is 0.278. The Morgan fingerprint density at radius 2 is 1.64 bits per heavy atom. The van der Waals surface area contributed by atoms with E-state index >= 15 is 0 Å². The first-order chi connectivity index (χ1) is 22.9. The summed E-state index contributed by atoms with van der Waals surface area (Å²) in [7, 11) is 3.25. The molecule has 2 heterocycles. The fourth-order valence-electron chi connectivity index (χ4n) is 8.67. The highest BCUT2D eigenvalue weighted by Gasteiger charge is 2.54. The van der Waals surface area contributed by atoms with E-state index in [1.807, 2.05) is 41.3 Å². The number of benzene rings is 2. The predicted molar refractivity (Wildman–Crippen MR) is 172 cm³/mol. The summed E-state index contributed by atoms with van der Waals surface area (Å²) in [6.45, 7) is 0.151. The Bertz CT molecular complexity index is 1660. The number of carbonyl (C=O) groups is 3. The van der Waals surface area contributed by atoms with Crippen LogP contribution in [0.2, 0.25) is 0 Å². The van der Waals surface area contributed by atoms with E-state index in [-0.39, 0.29) is 42.4 Å². The smallest absolute Gasteiger partial charge is 0.251 e. The van der Waals surface area contributed by atoms with E-state index in [0.29, 0.717) is 48.0 Å². The fourth-order valence-corrected chi connectivity index (χ4v) is 8.67. The van der Waals surface area contributed by atoms with Crippen LogP contribution < -0.4 is 16.0 Å². The molecule has 0 radical (unpaired) electrons. The molecule has 4 aliphatic rings. The van der Waals surface area contributed by atoms with Gasteiger partial charge < -0.3 is 20.9 Å². The number of tetrazole rings is 1. The normalized spacial score (nSPS) is 23.1. The summed E-state index contributed by atoms with van der Waals surface area (Å²) >= 11 is 0. The van der Waals surface area contributed by atoms with Crippen LogP contribution in [-0.2, 0) is 23.1 Å². The molecule has 1 saturated heterocycles. The molecule has 47 heavy (non-hydrogen) atoms. The third kappa shape index (κ3) is 5.46. The van der Waals surface area contributed by atoms with Crippen molar-refractivity contribution in [1.82, 2.24) is 41.5 Å². The monoisotopic (exact) mass is 635 g/mol. The van der Waals surface area contributed by atoms with Crippen LogP contribution in [0, 0.1) is 23.2 Å². The van der Waals surface area contributed by atoms with E-state index in [2.05, 4.69) is 42.6 Å². The van der Waals surface area contributed by atoms with E-state index in [9.17, 15) is 19.6 Å². The average Bonchev–Trinajstić information content (AvgIpc) is 3.52. The summed E-state index contributed by atoms with van der Waals surface area (Å²) in [4.78, 5) is 41.0. The lowest BCUT2D eigenvalue weighted by Gasteiger charge is -2.39. The van der Waals surface area contributed by atoms with Crippen LogP contribution in [0.5, 0.6) is 0 Å². The van der Waals surface area contributed by atoms with Gasteiger partial charge >= 0.3 is 0 Å². The van der Waals surface area contributed by atoms with Gasteiger partial charge in [-0.15, -0.1) is 5.10 Å². The molecule has 1 unspecified atom stereocenters. The highest BCUT2D eigenvalue weighted by molar-refractivity contribution is 5.95. The second kappa shape index (κ2) is 12.5. The first-order valence-electron chi connectivity index (χ1n) is 16.8. The highest BCUT2D eigenvalue weighted by atomic mass is 16.2. The van der Waals surface area contributed by atoms with E-state index in [1.54, 1.807) is 14.1 Å². The molecule has 1 aliphatic heterocycles. The number of carbonyl (C=O) groups excluding carboxylic acids is 3. The maximum atomic E-state index is 13.7. The zero-order chi connectivity index (χ0) is 32.7. The van der Waals surface area contributed by atoms with Crippen molar-refractivity contribution in [1.29, 1.82) is 5.26 Å². The van der Waals surface area contributed by atoms with Crippen LogP contribution >= 0.6 is 0 Å². The van der Waals surface area contributed by atoms with Crippen LogP contribution in [0.3, 0.4) is 0 Å². The third-order valence-electron chi connectivity index (χ3n) is 11.1. The highest BCUT2D eigenvalue weighted by Crippen LogP contribution is 2.49. The van der Waals surface area contributed by atoms with Crippen LogP contribution in [0.4, 0.5) is 0 Å². The molecule has 3 aliphatic carbocycles. The van der Waals surface area contributed by atoms with Gasteiger partial charge in [-0.3, -0.25) is 14.4 Å². The molecule has 4 atom stereocenters. The number of nitrogens with zero attached hydrogens (tertiary/aromatic N) is 5. The molecule has 12 nitrogen and oxygen atoms in total. The summed E-state index contributed by atoms with van der Waals surface area (Å²) in [5.74, 6) is 0.996. The Balaban J connectivity index is 1.34. The Morgan fingerprint density at radius 3 is 2.19 bits per heavy atom. The number of aromatic amines is 1. The molecule has 2 saturated carbocycles. The summed E-state index contributed by atoms with van der Waals surface area (Å²) < 4.78 is 0. The van der Waals surface area contributed by atoms with Crippen LogP contribution in [0.25, 0.3) is 0 Å². The minimum absolute atomic E-state index is 0.0213. The fraction of sp³-hybridized carbons (Fsp3) is 0.514. The number of aromatic nitrogens is 4. The van der Waals surface area contributed by atoms with Crippen molar-refractivity contribution in [2.24, 2.45) is 11.8 Å². The van der Waals surface area contributed by atoms with Crippen molar-refractivity contribution < 1.29 is 14.4 Å². The van der Waals surface area contributed by atoms with Crippen molar-refractivity contribution in [3.63, 3.8) is 0 Å². The summed E-state index contributed by atoms with van der Waals surface area (Å²) in [6.07, 6.45) is 7.94. The van der Waals surface area contributed by atoms with Crippen molar-refractivity contribution in [3.05, 3.63) is 75.6 Å². The first-order valence-corrected chi connectivity index (χ1v) is 16.8. The molecule has 3 amide bonds. The average molecular weight is 636 g/mol. The van der Waals surface area contributed by atoms with Gasteiger partial charge in [0.15, 0.2) is 5.82 Å². The van der Waals surface area contributed by atoms with E-state index in [1.165, 1.54) is 0 Å². The van der Waals surface area contributed by atoms with Gasteiger partial charge in [0, 0.05) is 37.3 Å². The van der Waals surface area contributed by atoms with Gasteiger partial charge in [-0.1, -0.05) is 25.0 Å². The van der Waals surface area contributed by atoms with Gasteiger partial charge in [0.25, 0.3) is 11.8 Å². The number of piperidine rings is 1. The maximum Gasteiger partial charge on any atom is 0.251 e. The van der Waals surface area contributed by atoms with Crippen molar-refractivity contribution in [2.75, 3.05) is 20.6 Å². The zero-order valence-corrected chi connectivity index (χ0v) is 26.9. The number of fused-ring (bicyclic) bond motifs is 3. The lowest BCUT2D eigenvalue weighted by atomic mass is 9.66. The Hall–Kier alpha value is -4.63. The molecule has 4 N–H and O–H groups in total. The Morgan fingerprint density at radius 1 is 1.00 bits per heavy atom. The van der Waals surface area contributed by atoms with Gasteiger partial charge in [-0.25, -0.2) is 5.10 Å². The van der Waals surface area contributed by atoms with Gasteiger partial charge in [-0.05, 0) is 114 Å². The van der Waals surface area contributed by atoms with Gasteiger partial charge in [-0.2, -0.15) is 5.26 Å². The molecule has 2 aromatic carbocycles. The standard InChI is InChI=1S/C35H41N9O3/c1-37-32(46)23-9-11-27-21(13-23)7-8-22-14-24(33(47)38-2)10-12-28(22)35(27,34-40-42-43-41-34)17-29(20-5-3-4-6-20)39-19-31(45)44-26(18-36)15-25-16-30(25)44/h9-14,20,25-26,29-30,39H,3-8,15-17,19H2,1-2H3,(H,37,46)(H,38,47)(H,40,41,42,43)/t25-,26?,29-,30+/m1/s1. The number of H-pyrrole nitrogens is 1. The van der Waals surface area contributed by atoms with Gasteiger partial charge in [0.2, 0.25) is 5.91 Å². The molecule has 0 bridgehead atoms. The molecule has 0 spiro atoms. The van der Waals surface area contributed by atoms with Crippen molar-refractivity contribution in [3.8, 4) is 6.07 Å². The second-order valence-corrected chi connectivity index (χ2v) is 13.5. The van der Waals surface area contributed by atoms with Gasteiger partial charge in [0.1, 0.15) is 6.04 Å². The minimum Gasteiger partial charge on any atom is -0.355 e. The van der Waals surface area contributed by atoms with E-state index in [0.717, 1.165) is 60.8 Å². The summed E-state index contributed by atoms with van der Waals surface area (Å²) in [5, 5.41) is 34.7. The number of nitriles is 1. The number of rotatable bonds is 9. The Labute approximate surface area is 274 Å². The minimum atomic E-state index is -0.874. The second-order valence-electron chi connectivity index (χ2n) is 13.5. The molecular formula is C35H41N9O3. The lowest BCUT2D eigenvalue weighted by Crippen LogP contribution is -2.49. The zero-order valence-electron chi connectivity index (χ0n) is 26.9. The van der Waals surface area contributed by atoms with E-state index < -0.39 is 5.41 Å². The third-order valence-corrected chi connectivity index (χ3v) is 11.1. The molecule has 7 rings (SSSR count). The first kappa shape index (κ1) is 31.0. The molecule has 12 heteroatoms. The Kier molecular flexibility index (Phi) is 8.26. The topological polar surface area (TPSA) is 169 Å². The van der Waals surface area contributed by atoms with Crippen LogP contribution in [-0.4, -0.2) is 82.0 Å². The van der Waals surface area contributed by atoms with Crippen molar-refractivity contribution in [2.45, 2.75) is 81.3 Å². The molecule has 1 aromatic heterocycles. The van der Waals surface area contributed by atoms with Crippen molar-refractivity contribution >= 4 is 17.7 Å². The number of amides is 3. The number of nitrogens with one attached hydrogen (secondary N) is 4. The maximum absolute atomic E-state index is 13.7. The molecule has 3 fully saturated rings. The number of hydrogen-bond donors (Lipinski definition) is 4. The largest absolute Gasteiger partial charge is 0.355 e. The SMILES string of the molecule is CNC(=O)c1ccc2c(c1)CCc1cc(C(=O)NC)ccc1C2(C[C@@H](NCC(=O)N1C(C#N)C[C@@H]2C[C@@H]21)C1CCCC1)c1nnn[nH]1. The molecule has 244 valence electrons.